The van der Waals surface area contributed by atoms with Crippen LogP contribution < -0.4 is 5.73 Å². The van der Waals surface area contributed by atoms with E-state index in [0.717, 1.165) is 5.76 Å². The highest BCUT2D eigenvalue weighted by molar-refractivity contribution is 9.10. The molecular weight excluding hydrogens is 272 g/mol. The molecule has 4 nitrogen and oxygen atoms in total. The number of carbonyl (C=O) groups is 1. The molecule has 1 aromatic rings. The highest BCUT2D eigenvalue weighted by atomic mass is 79.9. The lowest BCUT2D eigenvalue weighted by Gasteiger charge is -2.22. The molecule has 0 aliphatic rings. The Morgan fingerprint density at radius 1 is 1.56 bits per heavy atom. The van der Waals surface area contributed by atoms with Gasteiger partial charge in [0.25, 0.3) is 0 Å². The third kappa shape index (κ3) is 3.35. The van der Waals surface area contributed by atoms with E-state index in [1.807, 2.05) is 26.0 Å². The summed E-state index contributed by atoms with van der Waals surface area (Å²) in [5, 5.41) is 0. The standard InChI is InChI=1S/C11H17BrN2O2/c1-7(8(2)13)11(15)14(3)6-9-4-5-10(12)16-9/h4-5,7-8H,6,13H2,1-3H3. The molecule has 0 fully saturated rings. The van der Waals surface area contributed by atoms with Gasteiger partial charge in [0.1, 0.15) is 5.76 Å². The number of nitrogens with zero attached hydrogens (tertiary/aromatic N) is 1. The van der Waals surface area contributed by atoms with E-state index in [1.165, 1.54) is 0 Å². The summed E-state index contributed by atoms with van der Waals surface area (Å²) in [6.07, 6.45) is 0. The largest absolute Gasteiger partial charge is 0.452 e. The van der Waals surface area contributed by atoms with Crippen molar-refractivity contribution < 1.29 is 9.21 Å². The van der Waals surface area contributed by atoms with E-state index in [9.17, 15) is 4.79 Å². The molecule has 1 rings (SSSR count). The number of hydrogen-bond donors (Lipinski definition) is 1. The van der Waals surface area contributed by atoms with Gasteiger partial charge in [0.2, 0.25) is 5.91 Å². The zero-order chi connectivity index (χ0) is 12.3. The summed E-state index contributed by atoms with van der Waals surface area (Å²) in [6.45, 7) is 4.13. The van der Waals surface area contributed by atoms with E-state index >= 15 is 0 Å². The van der Waals surface area contributed by atoms with Gasteiger partial charge in [0, 0.05) is 13.1 Å². The molecule has 2 unspecified atom stereocenters. The maximum atomic E-state index is 11.9. The number of amides is 1. The lowest BCUT2D eigenvalue weighted by Crippen LogP contribution is -2.39. The van der Waals surface area contributed by atoms with Crippen molar-refractivity contribution in [2.75, 3.05) is 7.05 Å². The Balaban J connectivity index is 2.58. The van der Waals surface area contributed by atoms with E-state index in [1.54, 1.807) is 11.9 Å². The SMILES string of the molecule is CC(N)C(C)C(=O)N(C)Cc1ccc(Br)o1. The van der Waals surface area contributed by atoms with E-state index in [4.69, 9.17) is 10.2 Å². The van der Waals surface area contributed by atoms with Gasteiger partial charge in [0.15, 0.2) is 4.67 Å². The van der Waals surface area contributed by atoms with Gasteiger partial charge in [-0.15, -0.1) is 0 Å². The molecule has 0 saturated carbocycles. The average Bonchev–Trinajstić information content (AvgIpc) is 2.61. The van der Waals surface area contributed by atoms with Crippen LogP contribution in [0.25, 0.3) is 0 Å². The van der Waals surface area contributed by atoms with Gasteiger partial charge in [-0.1, -0.05) is 6.92 Å². The summed E-state index contributed by atoms with van der Waals surface area (Å²) in [5.74, 6) is 0.602. The highest BCUT2D eigenvalue weighted by Gasteiger charge is 2.21. The molecule has 0 spiro atoms. The smallest absolute Gasteiger partial charge is 0.227 e. The fourth-order valence-electron chi connectivity index (χ4n) is 1.32. The van der Waals surface area contributed by atoms with Crippen molar-refractivity contribution in [1.82, 2.24) is 4.90 Å². The second-order valence-electron chi connectivity index (χ2n) is 4.05. The first-order valence-corrected chi connectivity index (χ1v) is 5.96. The molecule has 0 aliphatic carbocycles. The zero-order valence-corrected chi connectivity index (χ0v) is 11.3. The predicted octanol–water partition coefficient (Wildman–Crippen LogP) is 1.98. The minimum absolute atomic E-state index is 0.0301. The molecule has 0 aromatic carbocycles. The number of hydrogen-bond acceptors (Lipinski definition) is 3. The molecule has 0 aliphatic heterocycles. The van der Waals surface area contributed by atoms with Gasteiger partial charge in [-0.2, -0.15) is 0 Å². The van der Waals surface area contributed by atoms with Crippen LogP contribution in [0, 0.1) is 5.92 Å². The van der Waals surface area contributed by atoms with Crippen molar-refractivity contribution in [2.24, 2.45) is 11.7 Å². The first kappa shape index (κ1) is 13.3. The fraction of sp³-hybridized carbons (Fsp3) is 0.545. The number of carbonyl (C=O) groups excluding carboxylic acids is 1. The summed E-state index contributed by atoms with van der Waals surface area (Å²) in [4.78, 5) is 13.5. The zero-order valence-electron chi connectivity index (χ0n) is 9.74. The van der Waals surface area contributed by atoms with Crippen molar-refractivity contribution >= 4 is 21.8 Å². The monoisotopic (exact) mass is 288 g/mol. The van der Waals surface area contributed by atoms with Crippen LogP contribution in [0.15, 0.2) is 21.2 Å². The number of nitrogens with two attached hydrogens (primary N) is 1. The van der Waals surface area contributed by atoms with Gasteiger partial charge < -0.3 is 15.1 Å². The predicted molar refractivity (Wildman–Crippen MR) is 65.7 cm³/mol. The quantitative estimate of drug-likeness (QED) is 0.922. The molecule has 1 aromatic heterocycles. The van der Waals surface area contributed by atoms with Crippen LogP contribution in [0.5, 0.6) is 0 Å². The highest BCUT2D eigenvalue weighted by Crippen LogP contribution is 2.16. The van der Waals surface area contributed by atoms with Crippen LogP contribution in [0.3, 0.4) is 0 Å². The van der Waals surface area contributed by atoms with Crippen LogP contribution in [-0.4, -0.2) is 23.9 Å². The van der Waals surface area contributed by atoms with Gasteiger partial charge in [0.05, 0.1) is 12.5 Å². The maximum absolute atomic E-state index is 11.9. The Hall–Kier alpha value is -0.810. The van der Waals surface area contributed by atoms with Crippen LogP contribution in [0.4, 0.5) is 0 Å². The van der Waals surface area contributed by atoms with E-state index in [-0.39, 0.29) is 17.9 Å². The average molecular weight is 289 g/mol. The number of furan rings is 1. The summed E-state index contributed by atoms with van der Waals surface area (Å²) in [7, 11) is 1.75. The van der Waals surface area contributed by atoms with E-state index in [0.29, 0.717) is 11.2 Å². The maximum Gasteiger partial charge on any atom is 0.227 e. The minimum Gasteiger partial charge on any atom is -0.452 e. The lowest BCUT2D eigenvalue weighted by molar-refractivity contribution is -0.134. The summed E-state index contributed by atoms with van der Waals surface area (Å²) >= 11 is 3.22. The van der Waals surface area contributed by atoms with Crippen LogP contribution in [0.1, 0.15) is 19.6 Å². The number of halogens is 1. The Kier molecular flexibility index (Phi) is 4.56. The molecule has 1 heterocycles. The fourth-order valence-corrected chi connectivity index (χ4v) is 1.66. The Morgan fingerprint density at radius 2 is 2.19 bits per heavy atom. The van der Waals surface area contributed by atoms with Crippen molar-refractivity contribution in [2.45, 2.75) is 26.4 Å². The molecule has 2 atom stereocenters. The van der Waals surface area contributed by atoms with E-state index in [2.05, 4.69) is 15.9 Å². The minimum atomic E-state index is -0.177. The molecule has 16 heavy (non-hydrogen) atoms. The van der Waals surface area contributed by atoms with E-state index < -0.39 is 0 Å². The Bertz CT molecular complexity index is 363. The molecule has 0 saturated heterocycles. The Labute approximate surface area is 104 Å². The van der Waals surface area contributed by atoms with Crippen LogP contribution >= 0.6 is 15.9 Å². The molecular formula is C11H17BrN2O2. The first-order chi connectivity index (χ1) is 7.41. The summed E-state index contributed by atoms with van der Waals surface area (Å²) in [5.41, 5.74) is 5.69. The van der Waals surface area contributed by atoms with Crippen molar-refractivity contribution in [1.29, 1.82) is 0 Å². The molecule has 2 N–H and O–H groups in total. The first-order valence-electron chi connectivity index (χ1n) is 5.16. The second kappa shape index (κ2) is 5.50. The third-order valence-corrected chi connectivity index (χ3v) is 3.00. The third-order valence-electron chi connectivity index (χ3n) is 2.58. The molecule has 0 bridgehead atoms. The topological polar surface area (TPSA) is 59.5 Å². The Morgan fingerprint density at radius 3 is 2.62 bits per heavy atom. The van der Waals surface area contributed by atoms with Crippen LogP contribution in [0.2, 0.25) is 0 Å². The molecule has 1 amide bonds. The van der Waals surface area contributed by atoms with Crippen LogP contribution in [-0.2, 0) is 11.3 Å². The van der Waals surface area contributed by atoms with Gasteiger partial charge in [-0.3, -0.25) is 4.79 Å². The van der Waals surface area contributed by atoms with Gasteiger partial charge >= 0.3 is 0 Å². The molecule has 0 radical (unpaired) electrons. The number of rotatable bonds is 4. The van der Waals surface area contributed by atoms with Crippen molar-refractivity contribution in [3.63, 3.8) is 0 Å². The van der Waals surface area contributed by atoms with Crippen molar-refractivity contribution in [3.05, 3.63) is 22.6 Å². The normalized spacial score (nSPS) is 14.6. The summed E-state index contributed by atoms with van der Waals surface area (Å²) < 4.78 is 6.01. The molecule has 5 heteroatoms. The summed E-state index contributed by atoms with van der Waals surface area (Å²) in [6, 6.07) is 3.51. The van der Waals surface area contributed by atoms with Gasteiger partial charge in [-0.05, 0) is 35.0 Å². The lowest BCUT2D eigenvalue weighted by atomic mass is 10.0. The van der Waals surface area contributed by atoms with Gasteiger partial charge in [-0.25, -0.2) is 0 Å². The second-order valence-corrected chi connectivity index (χ2v) is 4.83. The van der Waals surface area contributed by atoms with Crippen molar-refractivity contribution in [3.8, 4) is 0 Å². The molecule has 90 valence electrons.